The molecule has 1 unspecified atom stereocenters. The van der Waals surface area contributed by atoms with Crippen LogP contribution in [-0.2, 0) is 0 Å². The second-order valence-electron chi connectivity index (χ2n) is 10.2. The molecule has 4 rings (SSSR count). The molecule has 2 fully saturated rings. The van der Waals surface area contributed by atoms with Crippen LogP contribution in [0.2, 0.25) is 5.02 Å². The molecule has 31 heavy (non-hydrogen) atoms. The lowest BCUT2D eigenvalue weighted by molar-refractivity contribution is 0.113. The van der Waals surface area contributed by atoms with Gasteiger partial charge in [0.2, 0.25) is 0 Å². The highest BCUT2D eigenvalue weighted by molar-refractivity contribution is 6.30. The van der Waals surface area contributed by atoms with Gasteiger partial charge in [-0.2, -0.15) is 0 Å². The minimum Gasteiger partial charge on any atom is -0.205 e. The highest BCUT2D eigenvalue weighted by atomic mass is 35.5. The molecule has 2 aromatic carbocycles. The van der Waals surface area contributed by atoms with Crippen molar-refractivity contribution < 1.29 is 4.39 Å². The molecule has 0 nitrogen and oxygen atoms in total. The van der Waals surface area contributed by atoms with Gasteiger partial charge in [0.25, 0.3) is 0 Å². The van der Waals surface area contributed by atoms with Crippen molar-refractivity contribution in [2.45, 2.75) is 89.9 Å². The Morgan fingerprint density at radius 3 is 2.29 bits per heavy atom. The predicted octanol–water partition coefficient (Wildman–Crippen LogP) is 9.81. The zero-order chi connectivity index (χ0) is 21.6. The summed E-state index contributed by atoms with van der Waals surface area (Å²) in [4.78, 5) is 0. The normalized spacial score (nSPS) is 25.9. The molecule has 0 heterocycles. The van der Waals surface area contributed by atoms with E-state index in [0.29, 0.717) is 5.92 Å². The van der Waals surface area contributed by atoms with Gasteiger partial charge >= 0.3 is 0 Å². The smallest absolute Gasteiger partial charge is 0.142 e. The maximum atomic E-state index is 13.8. The van der Waals surface area contributed by atoms with E-state index in [1.54, 1.807) is 6.07 Å². The summed E-state index contributed by atoms with van der Waals surface area (Å²) in [6, 6.07) is 13.9. The lowest BCUT2D eigenvalue weighted by Gasteiger charge is -2.42. The summed E-state index contributed by atoms with van der Waals surface area (Å²) in [5, 5.41) is 0.184. The molecule has 0 bridgehead atoms. The number of hydrogen-bond donors (Lipinski definition) is 0. The quantitative estimate of drug-likeness (QED) is 0.358. The third-order valence-electron chi connectivity index (χ3n) is 8.07. The summed E-state index contributed by atoms with van der Waals surface area (Å²) in [6.07, 6.45) is 17.1. The molecule has 0 aromatic heterocycles. The van der Waals surface area contributed by atoms with E-state index in [1.165, 1.54) is 88.7 Å². The van der Waals surface area contributed by atoms with Crippen LogP contribution in [0.4, 0.5) is 4.39 Å². The van der Waals surface area contributed by atoms with Crippen LogP contribution in [0, 0.1) is 23.6 Å². The fourth-order valence-electron chi connectivity index (χ4n) is 6.21. The van der Waals surface area contributed by atoms with Gasteiger partial charge in [0, 0.05) is 0 Å². The van der Waals surface area contributed by atoms with Gasteiger partial charge in [-0.1, -0.05) is 93.8 Å². The minimum absolute atomic E-state index is 0.184. The van der Waals surface area contributed by atoms with Crippen LogP contribution in [0.25, 0.3) is 11.1 Å². The summed E-state index contributed by atoms with van der Waals surface area (Å²) in [7, 11) is 0. The molecule has 2 saturated carbocycles. The van der Waals surface area contributed by atoms with E-state index in [-0.39, 0.29) is 10.8 Å². The largest absolute Gasteiger partial charge is 0.205 e. The zero-order valence-corrected chi connectivity index (χ0v) is 19.8. The molecule has 2 heteroatoms. The molecule has 0 saturated heterocycles. The van der Waals surface area contributed by atoms with Gasteiger partial charge in [-0.3, -0.25) is 0 Å². The average molecular weight is 441 g/mol. The molecule has 0 N–H and O–H groups in total. The SMILES string of the molecule is CCCCCCCC1CC[C@@H]2C[C@H](c3ccc(-c4ccc(Cl)c(F)c4)cc3)CC[C@@H]2C1. The second kappa shape index (κ2) is 11.0. The number of hydrogen-bond acceptors (Lipinski definition) is 0. The number of benzene rings is 2. The maximum absolute atomic E-state index is 13.8. The molecule has 0 amide bonds. The van der Waals surface area contributed by atoms with Gasteiger partial charge < -0.3 is 0 Å². The molecule has 2 aliphatic rings. The van der Waals surface area contributed by atoms with Gasteiger partial charge in [0.1, 0.15) is 5.82 Å². The van der Waals surface area contributed by atoms with E-state index in [1.807, 2.05) is 6.07 Å². The van der Waals surface area contributed by atoms with Crippen molar-refractivity contribution in [1.82, 2.24) is 0 Å². The first-order valence-electron chi connectivity index (χ1n) is 12.7. The van der Waals surface area contributed by atoms with Crippen molar-refractivity contribution in [2.75, 3.05) is 0 Å². The first-order chi connectivity index (χ1) is 15.1. The number of halogens is 2. The molecule has 168 valence electrons. The van der Waals surface area contributed by atoms with Crippen LogP contribution in [0.3, 0.4) is 0 Å². The first kappa shape index (κ1) is 22.8. The second-order valence-corrected chi connectivity index (χ2v) is 10.6. The zero-order valence-electron chi connectivity index (χ0n) is 19.1. The molecule has 0 radical (unpaired) electrons. The molecule has 0 spiro atoms. The number of fused-ring (bicyclic) bond motifs is 1. The Kier molecular flexibility index (Phi) is 8.10. The third kappa shape index (κ3) is 5.92. The number of rotatable bonds is 8. The molecule has 2 aromatic rings. The lowest BCUT2D eigenvalue weighted by Crippen LogP contribution is -2.30. The summed E-state index contributed by atoms with van der Waals surface area (Å²) < 4.78 is 13.8. The Hall–Kier alpha value is -1.34. The van der Waals surface area contributed by atoms with Crippen LogP contribution in [0.1, 0.15) is 95.5 Å². The third-order valence-corrected chi connectivity index (χ3v) is 8.38. The van der Waals surface area contributed by atoms with Gasteiger partial charge in [-0.05, 0) is 84.6 Å². The molecule has 2 aliphatic carbocycles. The summed E-state index contributed by atoms with van der Waals surface area (Å²) in [5.41, 5.74) is 3.42. The topological polar surface area (TPSA) is 0 Å². The summed E-state index contributed by atoms with van der Waals surface area (Å²) in [5.74, 6) is 3.25. The van der Waals surface area contributed by atoms with E-state index in [4.69, 9.17) is 11.6 Å². The van der Waals surface area contributed by atoms with Gasteiger partial charge in [0.15, 0.2) is 0 Å². The Balaban J connectivity index is 1.29. The van der Waals surface area contributed by atoms with Crippen molar-refractivity contribution >= 4 is 11.6 Å². The molecule has 4 atom stereocenters. The first-order valence-corrected chi connectivity index (χ1v) is 13.1. The monoisotopic (exact) mass is 440 g/mol. The summed E-state index contributed by atoms with van der Waals surface area (Å²) in [6.45, 7) is 2.30. The summed E-state index contributed by atoms with van der Waals surface area (Å²) >= 11 is 5.83. The van der Waals surface area contributed by atoms with Gasteiger partial charge in [0.05, 0.1) is 5.02 Å². The fraction of sp³-hybridized carbons (Fsp3) is 0.586. The van der Waals surface area contributed by atoms with E-state index in [9.17, 15) is 4.39 Å². The van der Waals surface area contributed by atoms with E-state index >= 15 is 0 Å². The molecular weight excluding hydrogens is 403 g/mol. The van der Waals surface area contributed by atoms with Crippen LogP contribution in [0.15, 0.2) is 42.5 Å². The Morgan fingerprint density at radius 1 is 0.806 bits per heavy atom. The lowest BCUT2D eigenvalue weighted by atomic mass is 9.63. The van der Waals surface area contributed by atoms with Crippen LogP contribution < -0.4 is 0 Å². The Morgan fingerprint density at radius 2 is 1.52 bits per heavy atom. The number of unbranched alkanes of at least 4 members (excludes halogenated alkanes) is 4. The Bertz CT molecular complexity index is 827. The van der Waals surface area contributed by atoms with E-state index in [2.05, 4.69) is 31.2 Å². The van der Waals surface area contributed by atoms with Crippen LogP contribution >= 0.6 is 11.6 Å². The predicted molar refractivity (Wildman–Crippen MR) is 131 cm³/mol. The van der Waals surface area contributed by atoms with Crippen LogP contribution in [0.5, 0.6) is 0 Å². The van der Waals surface area contributed by atoms with E-state index < -0.39 is 0 Å². The molecular formula is C29H38ClF. The van der Waals surface area contributed by atoms with Gasteiger partial charge in [-0.15, -0.1) is 0 Å². The van der Waals surface area contributed by atoms with Crippen LogP contribution in [-0.4, -0.2) is 0 Å². The van der Waals surface area contributed by atoms with E-state index in [0.717, 1.165) is 28.9 Å². The van der Waals surface area contributed by atoms with Crippen molar-refractivity contribution in [3.63, 3.8) is 0 Å². The maximum Gasteiger partial charge on any atom is 0.142 e. The molecule has 0 aliphatic heterocycles. The van der Waals surface area contributed by atoms with Crippen molar-refractivity contribution in [3.05, 3.63) is 58.9 Å². The van der Waals surface area contributed by atoms with Crippen molar-refractivity contribution in [2.24, 2.45) is 17.8 Å². The van der Waals surface area contributed by atoms with Crippen molar-refractivity contribution in [1.29, 1.82) is 0 Å². The highest BCUT2D eigenvalue weighted by Gasteiger charge is 2.35. The Labute approximate surface area is 193 Å². The van der Waals surface area contributed by atoms with Gasteiger partial charge in [-0.25, -0.2) is 4.39 Å². The fourth-order valence-corrected chi connectivity index (χ4v) is 6.33. The van der Waals surface area contributed by atoms with Crippen molar-refractivity contribution in [3.8, 4) is 11.1 Å². The highest BCUT2D eigenvalue weighted by Crippen LogP contribution is 2.48. The minimum atomic E-state index is -0.349. The average Bonchev–Trinajstić information content (AvgIpc) is 2.80. The standard InChI is InChI=1S/C29H38ClF/c1-2-3-4-5-6-7-21-8-9-26-19-25(15-14-24(26)18-21)22-10-12-23(13-11-22)27-16-17-28(30)29(31)20-27/h10-13,16-17,20-21,24-26H,2-9,14-15,18-19H2,1H3/t21?,24-,25-,26-/m1/s1.